The van der Waals surface area contributed by atoms with E-state index in [-0.39, 0.29) is 5.02 Å². The maximum atomic E-state index is 12.7. The van der Waals surface area contributed by atoms with Crippen LogP contribution in [0, 0.1) is 12.7 Å². The van der Waals surface area contributed by atoms with Gasteiger partial charge in [0.2, 0.25) is 0 Å². The van der Waals surface area contributed by atoms with Crippen LogP contribution in [0.5, 0.6) is 0 Å². The molecule has 59 valence electrons. The molecule has 0 N–H and O–H groups in total. The van der Waals surface area contributed by atoms with Crippen LogP contribution in [0.4, 0.5) is 4.39 Å². The molecule has 0 saturated heterocycles. The second-order valence-electron chi connectivity index (χ2n) is 2.07. The van der Waals surface area contributed by atoms with Gasteiger partial charge in [-0.05, 0) is 31.0 Å². The van der Waals surface area contributed by atoms with Gasteiger partial charge in [0.1, 0.15) is 5.82 Å². The topological polar surface area (TPSA) is 0 Å². The predicted molar refractivity (Wildman–Crippen MR) is 45.5 cm³/mol. The summed E-state index contributed by atoms with van der Waals surface area (Å²) in [5.74, 6) is -0.449. The molecule has 0 bridgehead atoms. The van der Waals surface area contributed by atoms with Crippen molar-refractivity contribution in [3.05, 3.63) is 40.5 Å². The summed E-state index contributed by atoms with van der Waals surface area (Å²) in [5, 5.41) is 0.541. The van der Waals surface area contributed by atoms with Crippen LogP contribution in [0.15, 0.2) is 12.1 Å². The van der Waals surface area contributed by atoms with Gasteiger partial charge in [0.15, 0.2) is 0 Å². The molecular formula is C8H6Cl2F. The van der Waals surface area contributed by atoms with Crippen LogP contribution in [-0.4, -0.2) is 0 Å². The molecule has 0 aliphatic carbocycles. The maximum Gasteiger partial charge on any atom is 0.142 e. The highest BCUT2D eigenvalue weighted by molar-refractivity contribution is 6.36. The predicted octanol–water partition coefficient (Wildman–Crippen LogP) is 3.51. The molecule has 0 aromatic heterocycles. The van der Waals surface area contributed by atoms with E-state index in [0.717, 1.165) is 0 Å². The van der Waals surface area contributed by atoms with Gasteiger partial charge >= 0.3 is 0 Å². The third-order valence-corrected chi connectivity index (χ3v) is 2.15. The second kappa shape index (κ2) is 3.42. The first-order chi connectivity index (χ1) is 5.16. The van der Waals surface area contributed by atoms with Gasteiger partial charge in [-0.2, -0.15) is 0 Å². The van der Waals surface area contributed by atoms with Crippen molar-refractivity contribution in [2.45, 2.75) is 6.42 Å². The Morgan fingerprint density at radius 2 is 2.00 bits per heavy atom. The molecule has 0 saturated carbocycles. The van der Waals surface area contributed by atoms with E-state index in [4.69, 9.17) is 23.2 Å². The van der Waals surface area contributed by atoms with Crippen LogP contribution in [-0.2, 0) is 6.42 Å². The van der Waals surface area contributed by atoms with Gasteiger partial charge in [0.25, 0.3) is 0 Å². The highest BCUT2D eigenvalue weighted by Gasteiger charge is 2.07. The maximum absolute atomic E-state index is 12.7. The third-order valence-electron chi connectivity index (χ3n) is 1.39. The van der Waals surface area contributed by atoms with Crippen LogP contribution >= 0.6 is 23.2 Å². The Morgan fingerprint density at radius 3 is 2.45 bits per heavy atom. The van der Waals surface area contributed by atoms with Crippen LogP contribution < -0.4 is 0 Å². The fraction of sp³-hybridized carbons (Fsp3) is 0.125. The van der Waals surface area contributed by atoms with Gasteiger partial charge in [0.05, 0.1) is 5.02 Å². The van der Waals surface area contributed by atoms with Crippen molar-refractivity contribution < 1.29 is 4.39 Å². The quantitative estimate of drug-likeness (QED) is 0.597. The van der Waals surface area contributed by atoms with Crippen molar-refractivity contribution in [2.24, 2.45) is 0 Å². The average Bonchev–Trinajstić information content (AvgIpc) is 1.99. The number of halogens is 3. The molecule has 0 heterocycles. The van der Waals surface area contributed by atoms with Gasteiger partial charge in [-0.3, -0.25) is 0 Å². The molecule has 0 atom stereocenters. The highest BCUT2D eigenvalue weighted by atomic mass is 35.5. The molecule has 1 aromatic rings. The Bertz CT molecular complexity index is 271. The van der Waals surface area contributed by atoms with E-state index < -0.39 is 5.82 Å². The fourth-order valence-corrected chi connectivity index (χ4v) is 1.36. The van der Waals surface area contributed by atoms with Gasteiger partial charge in [-0.1, -0.05) is 23.2 Å². The van der Waals surface area contributed by atoms with E-state index in [2.05, 4.69) is 6.92 Å². The van der Waals surface area contributed by atoms with Gasteiger partial charge < -0.3 is 0 Å². The van der Waals surface area contributed by atoms with Crippen molar-refractivity contribution in [3.8, 4) is 0 Å². The first kappa shape index (κ1) is 8.82. The average molecular weight is 192 g/mol. The summed E-state index contributed by atoms with van der Waals surface area (Å²) in [6.07, 6.45) is 0.398. The largest absolute Gasteiger partial charge is 0.205 e. The summed E-state index contributed by atoms with van der Waals surface area (Å²) in [7, 11) is 0. The van der Waals surface area contributed by atoms with Crippen molar-refractivity contribution in [1.29, 1.82) is 0 Å². The molecule has 0 spiro atoms. The molecule has 0 amide bonds. The minimum absolute atomic E-state index is 0.0764. The van der Waals surface area contributed by atoms with E-state index in [1.165, 1.54) is 12.1 Å². The van der Waals surface area contributed by atoms with Gasteiger partial charge in [-0.25, -0.2) is 4.39 Å². The highest BCUT2D eigenvalue weighted by Crippen LogP contribution is 2.27. The molecule has 0 fully saturated rings. The lowest BCUT2D eigenvalue weighted by molar-refractivity contribution is 0.626. The molecule has 11 heavy (non-hydrogen) atoms. The third kappa shape index (κ3) is 1.66. The molecule has 1 aromatic carbocycles. The van der Waals surface area contributed by atoms with Crippen LogP contribution in [0.25, 0.3) is 0 Å². The standard InChI is InChI=1S/C8H6Cl2F/c1-2-5-6(9)3-4-7(11)8(5)10/h3-4H,1-2H2. The summed E-state index contributed by atoms with van der Waals surface area (Å²) >= 11 is 11.3. The van der Waals surface area contributed by atoms with Crippen LogP contribution in [0.1, 0.15) is 5.56 Å². The zero-order valence-corrected chi connectivity index (χ0v) is 7.21. The molecule has 3 heteroatoms. The summed E-state index contributed by atoms with van der Waals surface area (Å²) in [5.41, 5.74) is 0.563. The number of rotatable bonds is 1. The molecule has 1 rings (SSSR count). The van der Waals surface area contributed by atoms with E-state index in [1.54, 1.807) is 0 Å². The van der Waals surface area contributed by atoms with E-state index in [9.17, 15) is 4.39 Å². The van der Waals surface area contributed by atoms with Crippen molar-refractivity contribution in [3.63, 3.8) is 0 Å². The lowest BCUT2D eigenvalue weighted by Crippen LogP contribution is -1.87. The van der Waals surface area contributed by atoms with Gasteiger partial charge in [-0.15, -0.1) is 0 Å². The van der Waals surface area contributed by atoms with E-state index >= 15 is 0 Å². The van der Waals surface area contributed by atoms with Crippen LogP contribution in [0.2, 0.25) is 10.0 Å². The van der Waals surface area contributed by atoms with Crippen LogP contribution in [0.3, 0.4) is 0 Å². The summed E-state index contributed by atoms with van der Waals surface area (Å²) < 4.78 is 12.7. The van der Waals surface area contributed by atoms with E-state index in [0.29, 0.717) is 17.0 Å². The number of benzene rings is 1. The first-order valence-electron chi connectivity index (χ1n) is 3.08. The molecule has 1 radical (unpaired) electrons. The van der Waals surface area contributed by atoms with Crippen molar-refractivity contribution >= 4 is 23.2 Å². The summed E-state index contributed by atoms with van der Waals surface area (Å²) in [6, 6.07) is 2.72. The van der Waals surface area contributed by atoms with Crippen molar-refractivity contribution in [2.75, 3.05) is 0 Å². The SMILES string of the molecule is [CH2]Cc1c(Cl)ccc(F)c1Cl. The fourth-order valence-electron chi connectivity index (χ4n) is 0.798. The molecule has 0 aliphatic heterocycles. The Balaban J connectivity index is 3.29. The molecule has 0 unspecified atom stereocenters. The lowest BCUT2D eigenvalue weighted by Gasteiger charge is -2.03. The number of hydrogen-bond donors (Lipinski definition) is 0. The zero-order valence-electron chi connectivity index (χ0n) is 5.70. The first-order valence-corrected chi connectivity index (χ1v) is 3.84. The van der Waals surface area contributed by atoms with Gasteiger partial charge in [0, 0.05) is 5.02 Å². The smallest absolute Gasteiger partial charge is 0.142 e. The summed E-state index contributed by atoms with van der Waals surface area (Å²) in [6.45, 7) is 3.58. The Kier molecular flexibility index (Phi) is 2.74. The molecule has 0 nitrogen and oxygen atoms in total. The normalized spacial score (nSPS) is 10.2. The van der Waals surface area contributed by atoms with Crippen molar-refractivity contribution in [1.82, 2.24) is 0 Å². The monoisotopic (exact) mass is 191 g/mol. The summed E-state index contributed by atoms with van der Waals surface area (Å²) in [4.78, 5) is 0. The van der Waals surface area contributed by atoms with E-state index in [1.807, 2.05) is 0 Å². The second-order valence-corrected chi connectivity index (χ2v) is 2.86. The number of hydrogen-bond acceptors (Lipinski definition) is 0. The Morgan fingerprint density at radius 1 is 1.36 bits per heavy atom. The Labute approximate surface area is 74.9 Å². The lowest BCUT2D eigenvalue weighted by atomic mass is 10.2. The molecule has 0 aliphatic rings. The molecular weight excluding hydrogens is 186 g/mol. The zero-order chi connectivity index (χ0) is 8.43. The minimum Gasteiger partial charge on any atom is -0.205 e. The Hall–Kier alpha value is -0.270. The minimum atomic E-state index is -0.449.